The number of anilines is 1. The molecule has 19 heavy (non-hydrogen) atoms. The number of hydrogen-bond acceptors (Lipinski definition) is 5. The first-order valence-electron chi connectivity index (χ1n) is 5.60. The highest BCUT2D eigenvalue weighted by Gasteiger charge is 2.35. The zero-order valence-corrected chi connectivity index (χ0v) is 10.2. The zero-order valence-electron chi connectivity index (χ0n) is 10.2. The summed E-state index contributed by atoms with van der Waals surface area (Å²) in [5.74, 6) is -2.35. The molecule has 0 spiro atoms. The van der Waals surface area contributed by atoms with Gasteiger partial charge in [0.1, 0.15) is 5.82 Å². The van der Waals surface area contributed by atoms with Gasteiger partial charge in [0.15, 0.2) is 0 Å². The number of carboxylic acids is 1. The summed E-state index contributed by atoms with van der Waals surface area (Å²) in [5.41, 5.74) is 0.263. The summed E-state index contributed by atoms with van der Waals surface area (Å²) in [6.07, 6.45) is 1.32. The lowest BCUT2D eigenvalue weighted by atomic mass is 10.1. The van der Waals surface area contributed by atoms with Gasteiger partial charge in [-0.1, -0.05) is 0 Å². The van der Waals surface area contributed by atoms with Gasteiger partial charge >= 0.3 is 11.9 Å². The van der Waals surface area contributed by atoms with Gasteiger partial charge in [0.05, 0.1) is 18.6 Å². The summed E-state index contributed by atoms with van der Waals surface area (Å²) in [6, 6.07) is 2.87. The summed E-state index contributed by atoms with van der Waals surface area (Å²) in [7, 11) is 1.25. The molecule has 1 saturated heterocycles. The Balaban J connectivity index is 2.25. The third-order valence-electron chi connectivity index (χ3n) is 2.92. The minimum absolute atomic E-state index is 0.0561. The molecule has 1 aromatic rings. The van der Waals surface area contributed by atoms with Crippen LogP contribution in [-0.2, 0) is 14.3 Å². The lowest BCUT2D eigenvalue weighted by Gasteiger charge is -2.15. The second-order valence-electron chi connectivity index (χ2n) is 4.14. The van der Waals surface area contributed by atoms with Crippen molar-refractivity contribution in [2.24, 2.45) is 5.92 Å². The molecule has 2 heterocycles. The molecule has 0 aromatic carbocycles. The van der Waals surface area contributed by atoms with Crippen LogP contribution in [0.25, 0.3) is 0 Å². The van der Waals surface area contributed by atoms with Crippen LogP contribution in [0.3, 0.4) is 0 Å². The van der Waals surface area contributed by atoms with Gasteiger partial charge in [-0.3, -0.25) is 14.5 Å². The highest BCUT2D eigenvalue weighted by Crippen LogP contribution is 2.24. The van der Waals surface area contributed by atoms with E-state index in [9.17, 15) is 14.4 Å². The number of ether oxygens (including phenoxy) is 1. The fourth-order valence-corrected chi connectivity index (χ4v) is 1.91. The van der Waals surface area contributed by atoms with Crippen LogP contribution in [0, 0.1) is 5.92 Å². The molecule has 0 bridgehead atoms. The van der Waals surface area contributed by atoms with Gasteiger partial charge in [0, 0.05) is 19.2 Å². The molecule has 1 aromatic heterocycles. The number of esters is 1. The van der Waals surface area contributed by atoms with Crippen molar-refractivity contribution in [2.75, 3.05) is 18.6 Å². The number of pyridine rings is 1. The maximum atomic E-state index is 11.7. The average Bonchev–Trinajstić information content (AvgIpc) is 2.80. The van der Waals surface area contributed by atoms with Crippen LogP contribution < -0.4 is 4.90 Å². The Hall–Kier alpha value is -2.44. The molecule has 1 fully saturated rings. The fourth-order valence-electron chi connectivity index (χ4n) is 1.91. The third-order valence-corrected chi connectivity index (χ3v) is 2.92. The van der Waals surface area contributed by atoms with Gasteiger partial charge in [0.25, 0.3) is 0 Å². The van der Waals surface area contributed by atoms with E-state index in [1.54, 1.807) is 0 Å². The molecule has 1 aliphatic heterocycles. The lowest BCUT2D eigenvalue weighted by Crippen LogP contribution is -2.26. The molecule has 1 unspecified atom stereocenters. The Kier molecular flexibility index (Phi) is 3.46. The van der Waals surface area contributed by atoms with Crippen LogP contribution in [0.1, 0.15) is 16.8 Å². The van der Waals surface area contributed by atoms with E-state index in [1.807, 2.05) is 0 Å². The predicted octanol–water partition coefficient (Wildman–Crippen LogP) is 0.306. The van der Waals surface area contributed by atoms with Crippen molar-refractivity contribution < 1.29 is 24.2 Å². The summed E-state index contributed by atoms with van der Waals surface area (Å²) in [5, 5.41) is 8.90. The number of aromatic nitrogens is 1. The molecule has 1 aliphatic rings. The summed E-state index contributed by atoms with van der Waals surface area (Å²) >= 11 is 0. The predicted molar refractivity (Wildman–Crippen MR) is 63.7 cm³/mol. The summed E-state index contributed by atoms with van der Waals surface area (Å²) in [4.78, 5) is 39.3. The number of amides is 1. The molecule has 1 atom stereocenters. The Bertz CT molecular complexity index is 543. The average molecular weight is 264 g/mol. The van der Waals surface area contributed by atoms with E-state index < -0.39 is 17.9 Å². The summed E-state index contributed by atoms with van der Waals surface area (Å²) in [6.45, 7) is 0.0613. The molecule has 2 rings (SSSR count). The number of carbonyl (C=O) groups excluding carboxylic acids is 2. The molecular formula is C12H12N2O5. The van der Waals surface area contributed by atoms with Crippen LogP contribution in [-0.4, -0.2) is 41.6 Å². The monoisotopic (exact) mass is 264 g/mol. The first-order chi connectivity index (χ1) is 9.02. The lowest BCUT2D eigenvalue weighted by molar-refractivity contribution is -0.141. The first-order valence-corrected chi connectivity index (χ1v) is 5.60. The van der Waals surface area contributed by atoms with E-state index in [4.69, 9.17) is 5.11 Å². The van der Waals surface area contributed by atoms with Gasteiger partial charge in [-0.2, -0.15) is 0 Å². The van der Waals surface area contributed by atoms with Crippen LogP contribution in [0.15, 0.2) is 18.3 Å². The molecule has 7 heteroatoms. The van der Waals surface area contributed by atoms with Crippen LogP contribution in [0.4, 0.5) is 5.82 Å². The number of rotatable bonds is 3. The van der Waals surface area contributed by atoms with Crippen LogP contribution >= 0.6 is 0 Å². The highest BCUT2D eigenvalue weighted by molar-refractivity contribution is 5.99. The number of hydrogen-bond donors (Lipinski definition) is 1. The van der Waals surface area contributed by atoms with Crippen molar-refractivity contribution in [3.63, 3.8) is 0 Å². The molecule has 1 amide bonds. The van der Waals surface area contributed by atoms with Gasteiger partial charge in [-0.05, 0) is 12.1 Å². The van der Waals surface area contributed by atoms with Gasteiger partial charge in [0.2, 0.25) is 5.91 Å². The summed E-state index contributed by atoms with van der Waals surface area (Å²) < 4.78 is 4.58. The van der Waals surface area contributed by atoms with Crippen molar-refractivity contribution in [2.45, 2.75) is 6.42 Å². The number of nitrogens with zero attached hydrogens (tertiary/aromatic N) is 2. The number of aliphatic carboxylic acids is 1. The van der Waals surface area contributed by atoms with Gasteiger partial charge < -0.3 is 9.84 Å². The molecule has 1 N–H and O–H groups in total. The molecule has 0 radical (unpaired) electrons. The van der Waals surface area contributed by atoms with Crippen molar-refractivity contribution >= 4 is 23.7 Å². The maximum Gasteiger partial charge on any atom is 0.338 e. The van der Waals surface area contributed by atoms with E-state index in [1.165, 1.54) is 30.3 Å². The number of carboxylic acid groups (broad SMARTS) is 1. The van der Waals surface area contributed by atoms with Crippen molar-refractivity contribution in [3.05, 3.63) is 23.9 Å². The molecule has 0 saturated carbocycles. The van der Waals surface area contributed by atoms with Crippen LogP contribution in [0.2, 0.25) is 0 Å². The maximum absolute atomic E-state index is 11.7. The zero-order chi connectivity index (χ0) is 14.0. The Morgan fingerprint density at radius 3 is 2.84 bits per heavy atom. The first kappa shape index (κ1) is 13.0. The van der Waals surface area contributed by atoms with E-state index in [0.717, 1.165) is 0 Å². The highest BCUT2D eigenvalue weighted by atomic mass is 16.5. The minimum atomic E-state index is -1.01. The van der Waals surface area contributed by atoms with Crippen molar-refractivity contribution in [3.8, 4) is 0 Å². The number of methoxy groups -OCH3 is 1. The second kappa shape index (κ2) is 5.05. The smallest absolute Gasteiger partial charge is 0.338 e. The van der Waals surface area contributed by atoms with E-state index in [-0.39, 0.29) is 30.3 Å². The SMILES string of the molecule is COC(=O)c1ccnc(N2CC(C(=O)O)CC2=O)c1. The second-order valence-corrected chi connectivity index (χ2v) is 4.14. The Morgan fingerprint density at radius 1 is 1.53 bits per heavy atom. The standard InChI is InChI=1S/C12H12N2O5/c1-19-12(18)7-2-3-13-9(4-7)14-6-8(11(16)17)5-10(14)15/h2-4,8H,5-6H2,1H3,(H,16,17). The van der Waals surface area contributed by atoms with E-state index >= 15 is 0 Å². The van der Waals surface area contributed by atoms with Gasteiger partial charge in [-0.25, -0.2) is 9.78 Å². The van der Waals surface area contributed by atoms with Crippen LogP contribution in [0.5, 0.6) is 0 Å². The van der Waals surface area contributed by atoms with E-state index in [2.05, 4.69) is 9.72 Å². The molecule has 7 nitrogen and oxygen atoms in total. The largest absolute Gasteiger partial charge is 0.481 e. The number of carbonyl (C=O) groups is 3. The minimum Gasteiger partial charge on any atom is -0.481 e. The molecule has 100 valence electrons. The normalized spacial score (nSPS) is 18.5. The van der Waals surface area contributed by atoms with Gasteiger partial charge in [-0.15, -0.1) is 0 Å². The fraction of sp³-hybridized carbons (Fsp3) is 0.333. The third kappa shape index (κ3) is 2.54. The topological polar surface area (TPSA) is 96.8 Å². The van der Waals surface area contributed by atoms with Crippen molar-refractivity contribution in [1.82, 2.24) is 4.98 Å². The Morgan fingerprint density at radius 2 is 2.26 bits per heavy atom. The quantitative estimate of drug-likeness (QED) is 0.789. The molecule has 0 aliphatic carbocycles. The van der Waals surface area contributed by atoms with E-state index in [0.29, 0.717) is 0 Å². The molecular weight excluding hydrogens is 252 g/mol. The Labute approximate surface area is 108 Å². The van der Waals surface area contributed by atoms with Crippen molar-refractivity contribution in [1.29, 1.82) is 0 Å².